The van der Waals surface area contributed by atoms with Crippen LogP contribution < -0.4 is 5.11 Å². The molecule has 0 saturated heterocycles. The molecule has 5 rings (SSSR count). The van der Waals surface area contributed by atoms with Crippen LogP contribution in [0.1, 0.15) is 68.7 Å². The Morgan fingerprint density at radius 1 is 0.568 bits per heavy atom. The number of nitrogens with zero attached hydrogens (tertiary/aromatic N) is 2. The van der Waals surface area contributed by atoms with Crippen molar-refractivity contribution in [3.8, 4) is 0 Å². The first-order valence-electron chi connectivity index (χ1n) is 15.3. The number of aromatic nitrogens is 2. The van der Waals surface area contributed by atoms with Crippen molar-refractivity contribution in [3.63, 3.8) is 0 Å². The van der Waals surface area contributed by atoms with Gasteiger partial charge in [-0.3, -0.25) is 4.98 Å². The largest absolute Gasteiger partial charge is 0.543 e. The standard InChI is InChI=1S/3C10H13.C9H6N2O2.Sn/c3*1-10(2,3)9-7-5-4-6-8-9;12-9(13)8-5-10-6-3-1-2-4-7(6)11-8;/h3*4-8H,1H2,2-3H3;1-5H,(H,12,13);/q;;;;+1/p-1. The van der Waals surface area contributed by atoms with Crippen LogP contribution in [-0.2, 0) is 16.2 Å². The van der Waals surface area contributed by atoms with Crippen molar-refractivity contribution < 1.29 is 9.90 Å². The van der Waals surface area contributed by atoms with E-state index in [0.717, 1.165) is 0 Å². The number of carboxylic acids is 1. The maximum absolute atomic E-state index is 10.4. The summed E-state index contributed by atoms with van der Waals surface area (Å²) < 4.78 is 4.14. The summed E-state index contributed by atoms with van der Waals surface area (Å²) in [6, 6.07) is 40.6. The van der Waals surface area contributed by atoms with Crippen LogP contribution in [-0.4, -0.2) is 35.7 Å². The number of carbonyl (C=O) groups excluding carboxylic acids is 1. The molecule has 0 radical (unpaired) electrons. The Morgan fingerprint density at radius 2 is 0.909 bits per heavy atom. The molecule has 5 aromatic rings. The minimum atomic E-state index is -1.84. The van der Waals surface area contributed by atoms with Crippen molar-refractivity contribution in [1.29, 1.82) is 0 Å². The summed E-state index contributed by atoms with van der Waals surface area (Å²) >= 11 is -1.84. The first-order chi connectivity index (χ1) is 20.9. The topological polar surface area (TPSA) is 65.9 Å². The van der Waals surface area contributed by atoms with E-state index in [-0.39, 0.29) is 21.9 Å². The predicted octanol–water partition coefficient (Wildman–Crippen LogP) is 8.41. The minimum Gasteiger partial charge on any atom is -0.543 e. The average Bonchev–Trinajstić information content (AvgIpc) is 3.02. The number of hydrogen-bond donors (Lipinski definition) is 0. The fourth-order valence-electron chi connectivity index (χ4n) is 6.09. The van der Waals surface area contributed by atoms with Gasteiger partial charge in [-0.15, -0.1) is 0 Å². The Kier molecular flexibility index (Phi) is 11.0. The van der Waals surface area contributed by atoms with E-state index in [1.807, 2.05) is 6.07 Å². The van der Waals surface area contributed by atoms with E-state index >= 15 is 0 Å². The molecule has 0 fully saturated rings. The molecule has 226 valence electrons. The molecule has 0 unspecified atom stereocenters. The maximum atomic E-state index is 10.4. The molecule has 5 heteroatoms. The van der Waals surface area contributed by atoms with Gasteiger partial charge in [0.15, 0.2) is 0 Å². The van der Waals surface area contributed by atoms with Gasteiger partial charge in [0, 0.05) is 0 Å². The zero-order valence-electron chi connectivity index (χ0n) is 26.9. The molecule has 0 aliphatic heterocycles. The van der Waals surface area contributed by atoms with Gasteiger partial charge in [0.25, 0.3) is 0 Å². The van der Waals surface area contributed by atoms with Gasteiger partial charge in [0.1, 0.15) is 5.69 Å². The van der Waals surface area contributed by atoms with Crippen molar-refractivity contribution in [3.05, 3.63) is 144 Å². The summed E-state index contributed by atoms with van der Waals surface area (Å²) in [5.41, 5.74) is 6.26. The fraction of sp³-hybridized carbons (Fsp3) is 0.308. The number of carboxylic acid groups (broad SMARTS) is 1. The molecule has 1 heterocycles. The Balaban J connectivity index is 0.000000281. The Hall–Kier alpha value is -3.51. The summed E-state index contributed by atoms with van der Waals surface area (Å²) in [5.74, 6) is -1.31. The van der Waals surface area contributed by atoms with Crippen molar-refractivity contribution in [2.24, 2.45) is 0 Å². The van der Waals surface area contributed by atoms with E-state index in [0.29, 0.717) is 11.0 Å². The third-order valence-electron chi connectivity index (χ3n) is 8.40. The van der Waals surface area contributed by atoms with Gasteiger partial charge in [0.2, 0.25) is 0 Å². The van der Waals surface area contributed by atoms with E-state index in [1.165, 1.54) is 36.2 Å². The second kappa shape index (κ2) is 14.5. The molecule has 0 N–H and O–H groups in total. The molecule has 0 spiro atoms. The van der Waals surface area contributed by atoms with E-state index in [4.69, 9.17) is 0 Å². The minimum absolute atomic E-state index is 0.140. The number of fused-ring (bicyclic) bond motifs is 1. The number of benzene rings is 4. The quantitative estimate of drug-likeness (QED) is 0.138. The van der Waals surface area contributed by atoms with Crippen LogP contribution in [0.2, 0.25) is 13.3 Å². The van der Waals surface area contributed by atoms with Gasteiger partial charge in [-0.1, -0.05) is 12.1 Å². The molecule has 4 aromatic carbocycles. The van der Waals surface area contributed by atoms with E-state index < -0.39 is 25.7 Å². The van der Waals surface area contributed by atoms with E-state index in [2.05, 4.69) is 143 Å². The zero-order valence-corrected chi connectivity index (χ0v) is 29.7. The third-order valence-corrected chi connectivity index (χ3v) is 20.2. The first-order valence-corrected chi connectivity index (χ1v) is 21.4. The van der Waals surface area contributed by atoms with Crippen LogP contribution >= 0.6 is 0 Å². The van der Waals surface area contributed by atoms with Crippen LogP contribution in [0.5, 0.6) is 0 Å². The van der Waals surface area contributed by atoms with E-state index in [9.17, 15) is 9.90 Å². The summed E-state index contributed by atoms with van der Waals surface area (Å²) in [7, 11) is 0. The first kappa shape index (κ1) is 33.4. The molecular formula is C39H44N2O2Sn. The van der Waals surface area contributed by atoms with Crippen LogP contribution in [0.15, 0.2) is 121 Å². The Bertz CT molecular complexity index is 1510. The van der Waals surface area contributed by atoms with Crippen molar-refractivity contribution in [2.75, 3.05) is 0 Å². The molecule has 4 nitrogen and oxygen atoms in total. The number of para-hydroxylation sites is 2. The van der Waals surface area contributed by atoms with Gasteiger partial charge in [-0.25, -0.2) is 4.98 Å². The number of aromatic carboxylic acids is 1. The monoisotopic (exact) mass is 692 g/mol. The second-order valence-corrected chi connectivity index (χ2v) is 20.9. The van der Waals surface area contributed by atoms with Gasteiger partial charge < -0.3 is 9.90 Å². The number of rotatable bonds is 10. The van der Waals surface area contributed by atoms with Crippen molar-refractivity contribution in [2.45, 2.75) is 71.1 Å². The SMILES string of the molecule is CC(C)([CH2][Sn+]([CH2]C(C)(C)c1ccccc1)[CH2]C(C)(C)c1ccccc1)c1ccccc1.O=C([O-])c1cnc2ccccc2n1. The summed E-state index contributed by atoms with van der Waals surface area (Å²) in [5, 5.41) is 10.4. The summed E-state index contributed by atoms with van der Waals surface area (Å²) in [4.78, 5) is 18.2. The molecule has 44 heavy (non-hydrogen) atoms. The molecule has 0 aliphatic rings. The Morgan fingerprint density at radius 3 is 1.27 bits per heavy atom. The predicted molar refractivity (Wildman–Crippen MR) is 182 cm³/mol. The number of carbonyl (C=O) groups is 1. The molecular weight excluding hydrogens is 647 g/mol. The second-order valence-electron chi connectivity index (χ2n) is 13.6. The average molecular weight is 692 g/mol. The molecule has 0 amide bonds. The summed E-state index contributed by atoms with van der Waals surface area (Å²) in [6.07, 6.45) is 1.19. The normalized spacial score (nSPS) is 11.9. The van der Waals surface area contributed by atoms with Gasteiger partial charge in [-0.05, 0) is 12.1 Å². The van der Waals surface area contributed by atoms with Gasteiger partial charge in [0.05, 0.1) is 23.2 Å². The number of hydrogen-bond acceptors (Lipinski definition) is 4. The van der Waals surface area contributed by atoms with Gasteiger partial charge >= 0.3 is 199 Å². The molecule has 0 atom stereocenters. The Labute approximate surface area is 270 Å². The molecule has 1 aromatic heterocycles. The maximum Gasteiger partial charge on any atom is 0.105 e. The van der Waals surface area contributed by atoms with E-state index in [1.54, 1.807) is 18.2 Å². The van der Waals surface area contributed by atoms with Crippen LogP contribution in [0, 0.1) is 0 Å². The molecule has 0 bridgehead atoms. The molecule has 0 aliphatic carbocycles. The smallest absolute Gasteiger partial charge is 0.105 e. The van der Waals surface area contributed by atoms with Gasteiger partial charge in [-0.2, -0.15) is 0 Å². The van der Waals surface area contributed by atoms with Crippen LogP contribution in [0.3, 0.4) is 0 Å². The zero-order chi connectivity index (χ0) is 31.8. The summed E-state index contributed by atoms with van der Waals surface area (Å²) in [6.45, 7) is 14.8. The third kappa shape index (κ3) is 9.01. The van der Waals surface area contributed by atoms with Crippen molar-refractivity contribution >= 4 is 36.8 Å². The van der Waals surface area contributed by atoms with Crippen molar-refractivity contribution in [1.82, 2.24) is 9.97 Å². The molecule has 0 saturated carbocycles. The van der Waals surface area contributed by atoms with Crippen LogP contribution in [0.25, 0.3) is 11.0 Å². The van der Waals surface area contributed by atoms with Crippen LogP contribution in [0.4, 0.5) is 0 Å². The fourth-order valence-corrected chi connectivity index (χ4v) is 19.6.